The highest BCUT2D eigenvalue weighted by atomic mass is 32.2. The largest absolute Gasteiger partial charge is 0.493 e. The molecule has 3 rings (SSSR count). The number of benzene rings is 2. The van der Waals surface area contributed by atoms with E-state index >= 15 is 0 Å². The van der Waals surface area contributed by atoms with E-state index in [0.717, 1.165) is 6.42 Å². The van der Waals surface area contributed by atoms with Gasteiger partial charge in [0.2, 0.25) is 16.8 Å². The summed E-state index contributed by atoms with van der Waals surface area (Å²) in [5.74, 6) is 8.11. The SMILES string of the molecule is COc1cc(-c2nnc(SCC(=O)NCCc3ccc(C)cc3)n2N)cc(OC)c1OC. The van der Waals surface area contributed by atoms with Gasteiger partial charge >= 0.3 is 0 Å². The first-order valence-corrected chi connectivity index (χ1v) is 10.9. The molecule has 1 aromatic heterocycles. The molecule has 0 bridgehead atoms. The lowest BCUT2D eigenvalue weighted by Crippen LogP contribution is -2.27. The van der Waals surface area contributed by atoms with Crippen molar-refractivity contribution in [2.45, 2.75) is 18.5 Å². The molecule has 0 saturated heterocycles. The lowest BCUT2D eigenvalue weighted by Gasteiger charge is -2.13. The van der Waals surface area contributed by atoms with Crippen molar-refractivity contribution in [1.82, 2.24) is 20.2 Å². The molecule has 0 aliphatic heterocycles. The van der Waals surface area contributed by atoms with Crippen LogP contribution in [-0.2, 0) is 11.2 Å². The first-order chi connectivity index (χ1) is 15.5. The summed E-state index contributed by atoms with van der Waals surface area (Å²) in [5.41, 5.74) is 3.04. The second-order valence-electron chi connectivity index (χ2n) is 6.96. The summed E-state index contributed by atoms with van der Waals surface area (Å²) in [6, 6.07) is 11.7. The molecule has 0 radical (unpaired) electrons. The molecule has 3 aromatic rings. The fraction of sp³-hybridized carbons (Fsp3) is 0.318. The third-order valence-electron chi connectivity index (χ3n) is 4.78. The fourth-order valence-electron chi connectivity index (χ4n) is 3.06. The van der Waals surface area contributed by atoms with Gasteiger partial charge in [-0.1, -0.05) is 41.6 Å². The predicted octanol–water partition coefficient (Wildman–Crippen LogP) is 2.44. The molecule has 170 valence electrons. The van der Waals surface area contributed by atoms with Crippen molar-refractivity contribution < 1.29 is 19.0 Å². The molecule has 32 heavy (non-hydrogen) atoms. The van der Waals surface area contributed by atoms with Gasteiger partial charge in [-0.15, -0.1) is 10.2 Å². The van der Waals surface area contributed by atoms with Crippen LogP contribution in [0.2, 0.25) is 0 Å². The highest BCUT2D eigenvalue weighted by Crippen LogP contribution is 2.40. The molecule has 3 N–H and O–H groups in total. The third-order valence-corrected chi connectivity index (χ3v) is 5.72. The van der Waals surface area contributed by atoms with E-state index in [1.807, 2.05) is 6.92 Å². The molecule has 0 spiro atoms. The van der Waals surface area contributed by atoms with Crippen LogP contribution in [0.4, 0.5) is 0 Å². The minimum atomic E-state index is -0.0977. The Hall–Kier alpha value is -3.40. The lowest BCUT2D eigenvalue weighted by atomic mass is 10.1. The number of hydrogen-bond acceptors (Lipinski definition) is 8. The molecular formula is C22H27N5O4S. The Bertz CT molecular complexity index is 1040. The quantitative estimate of drug-likeness (QED) is 0.353. The Labute approximate surface area is 191 Å². The molecule has 0 aliphatic carbocycles. The number of nitrogens with zero attached hydrogens (tertiary/aromatic N) is 3. The summed E-state index contributed by atoms with van der Waals surface area (Å²) in [5, 5.41) is 11.6. The summed E-state index contributed by atoms with van der Waals surface area (Å²) in [6.45, 7) is 2.61. The van der Waals surface area contributed by atoms with E-state index in [1.165, 1.54) is 48.9 Å². The minimum Gasteiger partial charge on any atom is -0.493 e. The van der Waals surface area contributed by atoms with Crippen molar-refractivity contribution in [3.8, 4) is 28.6 Å². The number of nitrogen functional groups attached to an aromatic ring is 1. The number of aryl methyl sites for hydroxylation is 1. The van der Waals surface area contributed by atoms with Gasteiger partial charge in [0.25, 0.3) is 0 Å². The number of carbonyl (C=O) groups is 1. The minimum absolute atomic E-state index is 0.0977. The van der Waals surface area contributed by atoms with Crippen LogP contribution in [-0.4, -0.2) is 54.4 Å². The second kappa shape index (κ2) is 10.8. The standard InChI is InChI=1S/C22H27N5O4S/c1-14-5-7-15(8-6-14)9-10-24-19(28)13-32-22-26-25-21(27(22)23)16-11-17(29-2)20(31-4)18(12-16)30-3/h5-8,11-12H,9-10,13,23H2,1-4H3,(H,24,28). The van der Waals surface area contributed by atoms with Crippen molar-refractivity contribution in [2.75, 3.05) is 39.5 Å². The first-order valence-electron chi connectivity index (χ1n) is 9.92. The molecule has 2 aromatic carbocycles. The summed E-state index contributed by atoms with van der Waals surface area (Å²) >= 11 is 1.21. The maximum atomic E-state index is 12.2. The maximum absolute atomic E-state index is 12.2. The number of amides is 1. The summed E-state index contributed by atoms with van der Waals surface area (Å²) < 4.78 is 17.4. The van der Waals surface area contributed by atoms with Gasteiger partial charge in [0.05, 0.1) is 27.1 Å². The van der Waals surface area contributed by atoms with Crippen LogP contribution in [0.1, 0.15) is 11.1 Å². The van der Waals surface area contributed by atoms with Crippen molar-refractivity contribution in [2.24, 2.45) is 0 Å². The molecule has 1 amide bonds. The number of aromatic nitrogens is 3. The summed E-state index contributed by atoms with van der Waals surface area (Å²) in [7, 11) is 4.60. The Morgan fingerprint density at radius 1 is 1.06 bits per heavy atom. The van der Waals surface area contributed by atoms with Gasteiger partial charge in [0.1, 0.15) is 0 Å². The summed E-state index contributed by atoms with van der Waals surface area (Å²) in [4.78, 5) is 12.2. The number of ether oxygens (including phenoxy) is 3. The second-order valence-corrected chi connectivity index (χ2v) is 7.91. The average molecular weight is 458 g/mol. The normalized spacial score (nSPS) is 10.6. The Balaban J connectivity index is 1.61. The van der Waals surface area contributed by atoms with Gasteiger partial charge in [-0.25, -0.2) is 4.68 Å². The van der Waals surface area contributed by atoms with Crippen LogP contribution in [0.3, 0.4) is 0 Å². The van der Waals surface area contributed by atoms with Crippen molar-refractivity contribution in [3.63, 3.8) is 0 Å². The van der Waals surface area contributed by atoms with E-state index in [2.05, 4.69) is 39.8 Å². The topological polar surface area (TPSA) is 114 Å². The number of carbonyl (C=O) groups excluding carboxylic acids is 1. The first kappa shape index (κ1) is 23.3. The van der Waals surface area contributed by atoms with Crippen LogP contribution in [0.5, 0.6) is 17.2 Å². The fourth-order valence-corrected chi connectivity index (χ4v) is 3.75. The lowest BCUT2D eigenvalue weighted by molar-refractivity contribution is -0.118. The molecule has 0 fully saturated rings. The highest BCUT2D eigenvalue weighted by molar-refractivity contribution is 7.99. The average Bonchev–Trinajstić information content (AvgIpc) is 3.18. The van der Waals surface area contributed by atoms with Crippen LogP contribution in [0.25, 0.3) is 11.4 Å². The van der Waals surface area contributed by atoms with Crippen molar-refractivity contribution in [3.05, 3.63) is 47.5 Å². The molecule has 0 unspecified atom stereocenters. The molecule has 0 atom stereocenters. The summed E-state index contributed by atoms with van der Waals surface area (Å²) in [6.07, 6.45) is 0.773. The molecule has 0 saturated carbocycles. The zero-order valence-corrected chi connectivity index (χ0v) is 19.4. The van der Waals surface area contributed by atoms with Crippen molar-refractivity contribution in [1.29, 1.82) is 0 Å². The molecule has 1 heterocycles. The maximum Gasteiger partial charge on any atom is 0.230 e. The smallest absolute Gasteiger partial charge is 0.230 e. The van der Waals surface area contributed by atoms with Crippen LogP contribution >= 0.6 is 11.8 Å². The van der Waals surface area contributed by atoms with E-state index in [4.69, 9.17) is 20.1 Å². The van der Waals surface area contributed by atoms with E-state index < -0.39 is 0 Å². The van der Waals surface area contributed by atoms with E-state index in [-0.39, 0.29) is 11.7 Å². The number of methoxy groups -OCH3 is 3. The zero-order chi connectivity index (χ0) is 23.1. The van der Waals surface area contributed by atoms with Gasteiger partial charge in [0.15, 0.2) is 17.3 Å². The predicted molar refractivity (Wildman–Crippen MR) is 124 cm³/mol. The number of thioether (sulfide) groups is 1. The Morgan fingerprint density at radius 2 is 1.72 bits per heavy atom. The van der Waals surface area contributed by atoms with E-state index in [9.17, 15) is 4.79 Å². The van der Waals surface area contributed by atoms with Gasteiger partial charge in [-0.3, -0.25) is 4.79 Å². The monoisotopic (exact) mass is 457 g/mol. The molecule has 10 heteroatoms. The van der Waals surface area contributed by atoms with Crippen LogP contribution < -0.4 is 25.4 Å². The van der Waals surface area contributed by atoms with Gasteiger partial charge in [-0.05, 0) is 31.0 Å². The molecule has 0 aliphatic rings. The van der Waals surface area contributed by atoms with Crippen LogP contribution in [0, 0.1) is 6.92 Å². The number of hydrogen-bond donors (Lipinski definition) is 2. The third kappa shape index (κ3) is 5.44. The zero-order valence-electron chi connectivity index (χ0n) is 18.5. The Morgan fingerprint density at radius 3 is 2.31 bits per heavy atom. The van der Waals surface area contributed by atoms with Gasteiger partial charge in [0, 0.05) is 12.1 Å². The van der Waals surface area contributed by atoms with E-state index in [1.54, 1.807) is 12.1 Å². The number of rotatable bonds is 10. The van der Waals surface area contributed by atoms with Crippen molar-refractivity contribution >= 4 is 17.7 Å². The Kier molecular flexibility index (Phi) is 7.82. The van der Waals surface area contributed by atoms with Gasteiger partial charge in [-0.2, -0.15) is 0 Å². The van der Waals surface area contributed by atoms with E-state index in [0.29, 0.717) is 40.3 Å². The molecular weight excluding hydrogens is 430 g/mol. The molecule has 9 nitrogen and oxygen atoms in total. The van der Waals surface area contributed by atoms with Gasteiger partial charge < -0.3 is 25.4 Å². The number of nitrogens with two attached hydrogens (primary N) is 1. The van der Waals surface area contributed by atoms with Crippen LogP contribution in [0.15, 0.2) is 41.6 Å². The highest BCUT2D eigenvalue weighted by Gasteiger charge is 2.19. The number of nitrogens with one attached hydrogen (secondary N) is 1.